The fourth-order valence-electron chi connectivity index (χ4n) is 7.91. The van der Waals surface area contributed by atoms with Crippen LogP contribution in [0, 0.1) is 40.4 Å². The monoisotopic (exact) mass is 330 g/mol. The lowest BCUT2D eigenvalue weighted by Gasteiger charge is -2.61. The van der Waals surface area contributed by atoms with Crippen LogP contribution in [0.4, 0.5) is 0 Å². The summed E-state index contributed by atoms with van der Waals surface area (Å²) in [6.07, 6.45) is 14.1. The van der Waals surface area contributed by atoms with Crippen LogP contribution in [-0.4, -0.2) is 22.2 Å². The van der Waals surface area contributed by atoms with Crippen molar-refractivity contribution in [1.29, 1.82) is 0 Å². The van der Waals surface area contributed by atoms with Crippen molar-refractivity contribution in [3.05, 3.63) is 5.53 Å². The highest BCUT2D eigenvalue weighted by Gasteiger charge is 2.59. The highest BCUT2D eigenvalue weighted by molar-refractivity contribution is 5.51. The van der Waals surface area contributed by atoms with Gasteiger partial charge >= 0.3 is 0 Å². The summed E-state index contributed by atoms with van der Waals surface area (Å²) in [7, 11) is 0. The molecule has 0 aromatic rings. The number of aliphatic hydroxyl groups is 1. The van der Waals surface area contributed by atoms with E-state index in [-0.39, 0.29) is 6.10 Å². The molecule has 4 aliphatic rings. The Bertz CT molecular complexity index is 542. The second-order valence-corrected chi connectivity index (χ2v) is 9.94. The molecule has 0 spiro atoms. The van der Waals surface area contributed by atoms with E-state index in [9.17, 15) is 5.11 Å². The molecule has 0 saturated heterocycles. The summed E-state index contributed by atoms with van der Waals surface area (Å²) in [5.74, 6) is 4.12. The molecule has 24 heavy (non-hydrogen) atoms. The molecule has 0 aromatic carbocycles. The summed E-state index contributed by atoms with van der Waals surface area (Å²) in [6.45, 7) is 5.10. The van der Waals surface area contributed by atoms with Crippen LogP contribution in [0.3, 0.4) is 0 Å². The van der Waals surface area contributed by atoms with Crippen molar-refractivity contribution < 1.29 is 9.90 Å². The zero-order valence-corrected chi connectivity index (χ0v) is 15.5. The van der Waals surface area contributed by atoms with Gasteiger partial charge in [0.15, 0.2) is 0 Å². The zero-order valence-electron chi connectivity index (χ0n) is 15.5. The van der Waals surface area contributed by atoms with Crippen LogP contribution >= 0.6 is 0 Å². The molecule has 0 amide bonds. The largest absolute Gasteiger partial charge is 0.393 e. The minimum atomic E-state index is -0.0397. The lowest BCUT2D eigenvalue weighted by molar-refractivity contribution is -0.126. The van der Waals surface area contributed by atoms with Gasteiger partial charge in [-0.05, 0) is 98.2 Å². The topological polar surface area (TPSA) is 56.6 Å². The van der Waals surface area contributed by atoms with Crippen LogP contribution in [0.5, 0.6) is 0 Å². The predicted octanol–water partition coefficient (Wildman–Crippen LogP) is 4.70. The molecular weight excluding hydrogens is 296 g/mol. The Labute approximate surface area is 146 Å². The molecule has 0 aliphatic heterocycles. The maximum atomic E-state index is 10.1. The molecule has 3 heteroatoms. The molecule has 0 heterocycles. The van der Waals surface area contributed by atoms with Gasteiger partial charge in [0.1, 0.15) is 0 Å². The van der Waals surface area contributed by atoms with Crippen LogP contribution in [0.25, 0.3) is 5.53 Å². The Kier molecular flexibility index (Phi) is 4.16. The SMILES string of the molecule is C[C@]12CC[C@H]3[C@@H](CCC4CC(O)CC[C@@]43C)[C@@H]1CC[C@@H]2CC=[N+]=[N-]. The van der Waals surface area contributed by atoms with Crippen molar-refractivity contribution in [1.82, 2.24) is 0 Å². The summed E-state index contributed by atoms with van der Waals surface area (Å²) in [4.78, 5) is 3.27. The third-order valence-corrected chi connectivity index (χ3v) is 9.31. The van der Waals surface area contributed by atoms with E-state index in [0.29, 0.717) is 16.7 Å². The van der Waals surface area contributed by atoms with Crippen LogP contribution in [0.15, 0.2) is 0 Å². The first-order valence-corrected chi connectivity index (χ1v) is 10.3. The van der Waals surface area contributed by atoms with E-state index < -0.39 is 0 Å². The molecule has 8 atom stereocenters. The molecule has 4 rings (SSSR count). The second kappa shape index (κ2) is 5.95. The molecule has 4 saturated carbocycles. The van der Waals surface area contributed by atoms with Crippen molar-refractivity contribution in [2.75, 3.05) is 0 Å². The third-order valence-electron chi connectivity index (χ3n) is 9.31. The first-order chi connectivity index (χ1) is 11.5. The van der Waals surface area contributed by atoms with Gasteiger partial charge in [0.25, 0.3) is 6.21 Å². The van der Waals surface area contributed by atoms with E-state index in [1.54, 1.807) is 6.21 Å². The van der Waals surface area contributed by atoms with Crippen molar-refractivity contribution >= 4 is 6.21 Å². The molecule has 4 fully saturated rings. The highest BCUT2D eigenvalue weighted by atomic mass is 16.3. The highest BCUT2D eigenvalue weighted by Crippen LogP contribution is 2.67. The summed E-state index contributed by atoms with van der Waals surface area (Å²) in [5, 5.41) is 10.1. The zero-order chi connectivity index (χ0) is 16.9. The van der Waals surface area contributed by atoms with Crippen LogP contribution in [-0.2, 0) is 0 Å². The van der Waals surface area contributed by atoms with Gasteiger partial charge in [0, 0.05) is 6.42 Å². The number of aliphatic hydroxyl groups excluding tert-OH is 1. The number of fused-ring (bicyclic) bond motifs is 5. The molecule has 2 unspecified atom stereocenters. The van der Waals surface area contributed by atoms with Crippen LogP contribution < -0.4 is 0 Å². The van der Waals surface area contributed by atoms with Gasteiger partial charge in [-0.2, -0.15) is 4.79 Å². The molecule has 0 radical (unpaired) electrons. The Balaban J connectivity index is 1.57. The van der Waals surface area contributed by atoms with Gasteiger partial charge in [-0.25, -0.2) is 0 Å². The quantitative estimate of drug-likeness (QED) is 0.445. The van der Waals surface area contributed by atoms with E-state index in [4.69, 9.17) is 5.53 Å². The van der Waals surface area contributed by atoms with Gasteiger partial charge in [0.05, 0.1) is 6.10 Å². The second-order valence-electron chi connectivity index (χ2n) is 9.94. The number of rotatable bonds is 2. The van der Waals surface area contributed by atoms with Crippen molar-refractivity contribution in [2.24, 2.45) is 40.4 Å². The standard InChI is InChI=1S/C21H34N2O/c1-20-11-8-19-17(18(20)6-4-14(20)9-12-23-22)5-3-15-13-16(24)7-10-21(15,19)2/h12,14-19,24H,3-11,13H2,1-2H3/t14-,15?,16?,17+,18+,19+,20-,21+/m1/s1. The number of hydrogen-bond acceptors (Lipinski definition) is 1. The van der Waals surface area contributed by atoms with Crippen molar-refractivity contribution in [3.8, 4) is 0 Å². The lowest BCUT2D eigenvalue weighted by atomic mass is 9.44. The Morgan fingerprint density at radius 1 is 1.00 bits per heavy atom. The molecular formula is C21H34N2O. The van der Waals surface area contributed by atoms with E-state index in [2.05, 4.69) is 18.6 Å². The number of hydrogen-bond donors (Lipinski definition) is 1. The fourth-order valence-corrected chi connectivity index (χ4v) is 7.91. The summed E-state index contributed by atoms with van der Waals surface area (Å²) in [6, 6.07) is 0. The van der Waals surface area contributed by atoms with Crippen molar-refractivity contribution in [3.63, 3.8) is 0 Å². The first-order valence-electron chi connectivity index (χ1n) is 10.3. The van der Waals surface area contributed by atoms with E-state index in [0.717, 1.165) is 42.9 Å². The lowest BCUT2D eigenvalue weighted by Crippen LogP contribution is -2.53. The van der Waals surface area contributed by atoms with Gasteiger partial charge in [-0.1, -0.05) is 13.8 Å². The molecule has 0 bridgehead atoms. The van der Waals surface area contributed by atoms with Gasteiger partial charge in [-0.15, -0.1) is 0 Å². The van der Waals surface area contributed by atoms with Crippen LogP contribution in [0.2, 0.25) is 0 Å². The minimum absolute atomic E-state index is 0.0397. The van der Waals surface area contributed by atoms with E-state index >= 15 is 0 Å². The predicted molar refractivity (Wildman–Crippen MR) is 95.5 cm³/mol. The van der Waals surface area contributed by atoms with Crippen LogP contribution in [0.1, 0.15) is 78.1 Å². The van der Waals surface area contributed by atoms with E-state index in [1.165, 1.54) is 44.9 Å². The number of nitrogens with zero attached hydrogens (tertiary/aromatic N) is 2. The maximum Gasteiger partial charge on any atom is 0.257 e. The minimum Gasteiger partial charge on any atom is -0.393 e. The molecule has 3 nitrogen and oxygen atoms in total. The summed E-state index contributed by atoms with van der Waals surface area (Å²) < 4.78 is 0. The summed E-state index contributed by atoms with van der Waals surface area (Å²) >= 11 is 0. The molecule has 1 N–H and O–H groups in total. The Hall–Kier alpha value is -0.660. The summed E-state index contributed by atoms with van der Waals surface area (Å²) in [5.41, 5.74) is 9.77. The Morgan fingerprint density at radius 2 is 1.75 bits per heavy atom. The van der Waals surface area contributed by atoms with E-state index in [1.807, 2.05) is 0 Å². The molecule has 0 aromatic heterocycles. The first kappa shape index (κ1) is 16.8. The van der Waals surface area contributed by atoms with Gasteiger partial charge < -0.3 is 10.6 Å². The normalized spacial score (nSPS) is 53.5. The van der Waals surface area contributed by atoms with Crippen molar-refractivity contribution in [2.45, 2.75) is 84.2 Å². The smallest absolute Gasteiger partial charge is 0.257 e. The third kappa shape index (κ3) is 2.35. The fraction of sp³-hybridized carbons (Fsp3) is 0.952. The molecule has 4 aliphatic carbocycles. The van der Waals surface area contributed by atoms with Gasteiger partial charge in [0.2, 0.25) is 0 Å². The van der Waals surface area contributed by atoms with Gasteiger partial charge in [-0.3, -0.25) is 0 Å². The maximum absolute atomic E-state index is 10.1. The molecule has 134 valence electrons. The average molecular weight is 331 g/mol. The average Bonchev–Trinajstić information content (AvgIpc) is 2.90. The Morgan fingerprint density at radius 3 is 2.54 bits per heavy atom.